The predicted octanol–water partition coefficient (Wildman–Crippen LogP) is 4.84. The van der Waals surface area contributed by atoms with Crippen LogP contribution in [0, 0.1) is 10.1 Å². The minimum atomic E-state index is -0.757. The molecule has 2 heterocycles. The third-order valence-electron chi connectivity index (χ3n) is 4.02. The first-order chi connectivity index (χ1) is 13.9. The molecule has 4 rings (SSSR count). The van der Waals surface area contributed by atoms with E-state index >= 15 is 0 Å². The summed E-state index contributed by atoms with van der Waals surface area (Å²) >= 11 is 4.47. The first-order valence-corrected chi connectivity index (χ1v) is 9.83. The van der Waals surface area contributed by atoms with Gasteiger partial charge in [0.15, 0.2) is 5.13 Å². The number of carbonyl (C=O) groups is 1. The highest BCUT2D eigenvalue weighted by molar-refractivity contribution is 9.10. The molecule has 1 N–H and O–H groups in total. The Morgan fingerprint density at radius 3 is 2.83 bits per heavy atom. The minimum Gasteiger partial charge on any atom is -0.422 e. The molecule has 0 radical (unpaired) electrons. The van der Waals surface area contributed by atoms with Gasteiger partial charge in [0.05, 0.1) is 10.6 Å². The quantitative estimate of drug-likeness (QED) is 0.258. The predicted molar refractivity (Wildman–Crippen MR) is 112 cm³/mol. The van der Waals surface area contributed by atoms with Crippen LogP contribution in [0.25, 0.3) is 22.2 Å². The van der Waals surface area contributed by atoms with Gasteiger partial charge >= 0.3 is 5.63 Å². The van der Waals surface area contributed by atoms with Crippen LogP contribution in [0.1, 0.15) is 10.4 Å². The largest absolute Gasteiger partial charge is 0.422 e. The van der Waals surface area contributed by atoms with Gasteiger partial charge in [-0.05, 0) is 24.3 Å². The highest BCUT2D eigenvalue weighted by Crippen LogP contribution is 2.28. The fraction of sp³-hybridized carbons (Fsp3) is 0. The number of nitrogens with zero attached hydrogens (tertiary/aromatic N) is 2. The van der Waals surface area contributed by atoms with Crippen molar-refractivity contribution in [1.29, 1.82) is 0 Å². The molecule has 0 saturated carbocycles. The number of nitro benzene ring substituents is 1. The number of non-ortho nitro benzene ring substituents is 1. The Bertz CT molecular complexity index is 1330. The van der Waals surface area contributed by atoms with E-state index < -0.39 is 16.5 Å². The van der Waals surface area contributed by atoms with Crippen molar-refractivity contribution in [3.05, 3.63) is 84.5 Å². The molecule has 0 aliphatic rings. The zero-order chi connectivity index (χ0) is 20.5. The molecule has 0 unspecified atom stereocenters. The van der Waals surface area contributed by atoms with Crippen LogP contribution < -0.4 is 10.9 Å². The van der Waals surface area contributed by atoms with Crippen LogP contribution in [0.3, 0.4) is 0 Å². The van der Waals surface area contributed by atoms with E-state index in [1.54, 1.807) is 35.7 Å². The normalized spacial score (nSPS) is 10.8. The molecule has 8 nitrogen and oxygen atoms in total. The van der Waals surface area contributed by atoms with E-state index in [1.165, 1.54) is 18.2 Å². The van der Waals surface area contributed by atoms with Crippen LogP contribution in [0.15, 0.2) is 67.6 Å². The molecular weight excluding hydrogens is 462 g/mol. The second-order valence-electron chi connectivity index (χ2n) is 5.93. The van der Waals surface area contributed by atoms with Gasteiger partial charge in [0, 0.05) is 32.9 Å². The molecule has 2 aromatic heterocycles. The van der Waals surface area contributed by atoms with Crippen molar-refractivity contribution in [1.82, 2.24) is 4.98 Å². The van der Waals surface area contributed by atoms with Gasteiger partial charge in [0.25, 0.3) is 11.6 Å². The van der Waals surface area contributed by atoms with E-state index in [1.807, 2.05) is 0 Å². The number of fused-ring (bicyclic) bond motifs is 1. The number of hydrogen-bond acceptors (Lipinski definition) is 7. The number of amides is 1. The van der Waals surface area contributed by atoms with Crippen LogP contribution in [0.5, 0.6) is 0 Å². The number of nitrogens with one attached hydrogen (secondary N) is 1. The number of nitro groups is 1. The zero-order valence-electron chi connectivity index (χ0n) is 14.4. The second kappa shape index (κ2) is 7.57. The van der Waals surface area contributed by atoms with Gasteiger partial charge in [-0.25, -0.2) is 9.78 Å². The van der Waals surface area contributed by atoms with E-state index in [-0.39, 0.29) is 16.4 Å². The van der Waals surface area contributed by atoms with Crippen LogP contribution in [0.4, 0.5) is 10.8 Å². The van der Waals surface area contributed by atoms with E-state index in [0.29, 0.717) is 22.2 Å². The Morgan fingerprint density at radius 2 is 2.03 bits per heavy atom. The maximum atomic E-state index is 12.5. The van der Waals surface area contributed by atoms with Crippen LogP contribution >= 0.6 is 27.3 Å². The lowest BCUT2D eigenvalue weighted by Crippen LogP contribution is -2.20. The number of carbonyl (C=O) groups excluding carboxylic acids is 1. The lowest BCUT2D eigenvalue weighted by molar-refractivity contribution is -0.384. The standard InChI is InChI=1S/C19H10BrN3O5S/c20-12-4-5-16-11(6-12)8-14(18(25)28-16)17(24)22-19-21-15(9-29-19)10-2-1-3-13(7-10)23(26)27/h1-9H,(H,21,22,24). The number of thiazole rings is 1. The Morgan fingerprint density at radius 1 is 1.21 bits per heavy atom. The molecule has 144 valence electrons. The highest BCUT2D eigenvalue weighted by atomic mass is 79.9. The van der Waals surface area contributed by atoms with Crippen molar-refractivity contribution in [2.75, 3.05) is 5.32 Å². The van der Waals surface area contributed by atoms with Crippen molar-refractivity contribution in [2.24, 2.45) is 0 Å². The summed E-state index contributed by atoms with van der Waals surface area (Å²) in [5.41, 5.74) is 0.433. The first kappa shape index (κ1) is 19.0. The van der Waals surface area contributed by atoms with Crippen molar-refractivity contribution in [3.8, 4) is 11.3 Å². The molecule has 1 amide bonds. The van der Waals surface area contributed by atoms with Crippen LogP contribution in [-0.2, 0) is 0 Å². The summed E-state index contributed by atoms with van der Waals surface area (Å²) < 4.78 is 5.98. The number of anilines is 1. The molecule has 0 fully saturated rings. The van der Waals surface area contributed by atoms with Crippen molar-refractivity contribution < 1.29 is 14.1 Å². The van der Waals surface area contributed by atoms with E-state index in [0.717, 1.165) is 15.8 Å². The second-order valence-corrected chi connectivity index (χ2v) is 7.70. The van der Waals surface area contributed by atoms with Gasteiger partial charge in [-0.3, -0.25) is 20.2 Å². The van der Waals surface area contributed by atoms with Crippen molar-refractivity contribution >= 4 is 55.0 Å². The maximum absolute atomic E-state index is 12.5. The number of halogens is 1. The number of rotatable bonds is 4. The third kappa shape index (κ3) is 3.93. The number of hydrogen-bond donors (Lipinski definition) is 1. The summed E-state index contributed by atoms with van der Waals surface area (Å²) in [6, 6.07) is 12.6. The summed E-state index contributed by atoms with van der Waals surface area (Å²) in [6.45, 7) is 0. The monoisotopic (exact) mass is 471 g/mol. The number of aromatic nitrogens is 1. The SMILES string of the molecule is O=C(Nc1nc(-c2cccc([N+](=O)[O-])c2)cs1)c1cc2cc(Br)ccc2oc1=O. The molecule has 0 bridgehead atoms. The summed E-state index contributed by atoms with van der Waals surface area (Å²) in [5.74, 6) is -0.652. The molecule has 0 saturated heterocycles. The Hall–Kier alpha value is -3.37. The molecule has 4 aromatic rings. The average molecular weight is 472 g/mol. The Balaban J connectivity index is 1.61. The lowest BCUT2D eigenvalue weighted by atomic mass is 10.1. The van der Waals surface area contributed by atoms with Gasteiger partial charge in [-0.15, -0.1) is 11.3 Å². The highest BCUT2D eigenvalue weighted by Gasteiger charge is 2.16. The van der Waals surface area contributed by atoms with E-state index in [9.17, 15) is 19.7 Å². The fourth-order valence-corrected chi connectivity index (χ4v) is 3.75. The third-order valence-corrected chi connectivity index (χ3v) is 5.27. The van der Waals surface area contributed by atoms with Gasteiger partial charge in [0.1, 0.15) is 11.1 Å². The smallest absolute Gasteiger partial charge is 0.349 e. The summed E-state index contributed by atoms with van der Waals surface area (Å²) in [4.78, 5) is 39.4. The van der Waals surface area contributed by atoms with Gasteiger partial charge in [-0.2, -0.15) is 0 Å². The molecule has 0 aliphatic heterocycles. The topological polar surface area (TPSA) is 115 Å². The molecule has 0 atom stereocenters. The lowest BCUT2D eigenvalue weighted by Gasteiger charge is -2.03. The average Bonchev–Trinajstić information content (AvgIpc) is 3.16. The zero-order valence-corrected chi connectivity index (χ0v) is 16.8. The number of benzene rings is 2. The minimum absolute atomic E-state index is 0.0546. The van der Waals surface area contributed by atoms with E-state index in [4.69, 9.17) is 4.42 Å². The fourth-order valence-electron chi connectivity index (χ4n) is 2.66. The molecule has 2 aromatic carbocycles. The molecule has 10 heteroatoms. The van der Waals surface area contributed by atoms with Gasteiger partial charge in [0.2, 0.25) is 0 Å². The molecular formula is C19H10BrN3O5S. The van der Waals surface area contributed by atoms with E-state index in [2.05, 4.69) is 26.2 Å². The molecule has 0 spiro atoms. The van der Waals surface area contributed by atoms with Gasteiger partial charge < -0.3 is 4.42 Å². The van der Waals surface area contributed by atoms with Crippen LogP contribution in [-0.4, -0.2) is 15.8 Å². The summed E-state index contributed by atoms with van der Waals surface area (Å²) in [7, 11) is 0. The Labute approximate surface area is 175 Å². The van der Waals surface area contributed by atoms with Crippen LogP contribution in [0.2, 0.25) is 0 Å². The van der Waals surface area contributed by atoms with Crippen molar-refractivity contribution in [2.45, 2.75) is 0 Å². The van der Waals surface area contributed by atoms with Crippen molar-refractivity contribution in [3.63, 3.8) is 0 Å². The Kier molecular flexibility index (Phi) is 4.95. The summed E-state index contributed by atoms with van der Waals surface area (Å²) in [6.07, 6.45) is 0. The maximum Gasteiger partial charge on any atom is 0.349 e. The summed E-state index contributed by atoms with van der Waals surface area (Å²) in [5, 5.41) is 16.0. The molecule has 29 heavy (non-hydrogen) atoms. The first-order valence-electron chi connectivity index (χ1n) is 8.16. The van der Waals surface area contributed by atoms with Gasteiger partial charge in [-0.1, -0.05) is 28.1 Å². The molecule has 0 aliphatic carbocycles.